The molecule has 0 aromatic rings. The van der Waals surface area contributed by atoms with Crippen LogP contribution in [0, 0.1) is 5.41 Å². The van der Waals surface area contributed by atoms with Gasteiger partial charge in [-0.2, -0.15) is 0 Å². The van der Waals surface area contributed by atoms with Crippen LogP contribution in [0.15, 0.2) is 0 Å². The highest BCUT2D eigenvalue weighted by Gasteiger charge is 2.25. The summed E-state index contributed by atoms with van der Waals surface area (Å²) in [5.74, 6) is 1.51. The number of carbonyl (C=O) groups excluding carboxylic acids is 1. The Balaban J connectivity index is 4.04. The van der Waals surface area contributed by atoms with Crippen molar-refractivity contribution in [2.45, 2.75) is 47.1 Å². The monoisotopic (exact) mass is 236 g/mol. The molecule has 0 fully saturated rings. The van der Waals surface area contributed by atoms with E-state index in [1.807, 2.05) is 34.6 Å². The molecule has 0 heterocycles. The average Bonchev–Trinajstić information content (AvgIpc) is 2.12. The standard InChI is InChI=1S/C11H24O3S/c1-6-15(7-2)14-10(13)8-9(12)11(3,4)5/h9,12,15H,6-8H2,1-5H3. The minimum Gasteiger partial charge on any atom is -0.418 e. The predicted octanol–water partition coefficient (Wildman–Crippen LogP) is 2.28. The van der Waals surface area contributed by atoms with Crippen LogP contribution in [-0.2, 0) is 8.98 Å². The summed E-state index contributed by atoms with van der Waals surface area (Å²) < 4.78 is 5.28. The van der Waals surface area contributed by atoms with Crippen molar-refractivity contribution in [2.75, 3.05) is 11.5 Å². The summed E-state index contributed by atoms with van der Waals surface area (Å²) in [7, 11) is 0. The lowest BCUT2D eigenvalue weighted by molar-refractivity contribution is -0.137. The maximum absolute atomic E-state index is 11.5. The lowest BCUT2D eigenvalue weighted by Crippen LogP contribution is -2.29. The third-order valence-corrected chi connectivity index (χ3v) is 4.17. The Morgan fingerprint density at radius 2 is 1.80 bits per heavy atom. The number of carbonyl (C=O) groups is 1. The van der Waals surface area contributed by atoms with Crippen LogP contribution in [0.2, 0.25) is 0 Å². The summed E-state index contributed by atoms with van der Waals surface area (Å²) in [4.78, 5) is 11.5. The molecule has 92 valence electrons. The largest absolute Gasteiger partial charge is 0.418 e. The SMILES string of the molecule is CC[SH](CC)OC(=O)CC(O)C(C)(C)C. The summed E-state index contributed by atoms with van der Waals surface area (Å²) in [6.45, 7) is 9.76. The number of aliphatic hydroxyl groups excluding tert-OH is 1. The fourth-order valence-electron chi connectivity index (χ4n) is 0.998. The quantitative estimate of drug-likeness (QED) is 0.720. The molecule has 1 atom stereocenters. The normalized spacial score (nSPS) is 14.7. The molecule has 0 spiro atoms. The smallest absolute Gasteiger partial charge is 0.318 e. The van der Waals surface area contributed by atoms with Crippen LogP contribution in [0.4, 0.5) is 0 Å². The molecule has 0 aliphatic rings. The van der Waals surface area contributed by atoms with Crippen molar-refractivity contribution in [3.8, 4) is 0 Å². The van der Waals surface area contributed by atoms with Gasteiger partial charge < -0.3 is 9.29 Å². The van der Waals surface area contributed by atoms with Gasteiger partial charge in [0.25, 0.3) is 0 Å². The number of thiol groups is 1. The Morgan fingerprint density at radius 1 is 1.33 bits per heavy atom. The fraction of sp³-hybridized carbons (Fsp3) is 0.909. The molecular weight excluding hydrogens is 212 g/mol. The van der Waals surface area contributed by atoms with Gasteiger partial charge in [-0.25, -0.2) is 0 Å². The van der Waals surface area contributed by atoms with E-state index >= 15 is 0 Å². The van der Waals surface area contributed by atoms with E-state index in [4.69, 9.17) is 4.18 Å². The highest BCUT2D eigenvalue weighted by molar-refractivity contribution is 8.13. The molecule has 0 radical (unpaired) electrons. The second-order valence-electron chi connectivity index (χ2n) is 4.66. The first-order valence-corrected chi connectivity index (χ1v) is 7.08. The lowest BCUT2D eigenvalue weighted by atomic mass is 9.87. The Bertz CT molecular complexity index is 194. The van der Waals surface area contributed by atoms with E-state index in [1.54, 1.807) is 0 Å². The Kier molecular flexibility index (Phi) is 6.29. The molecule has 0 saturated heterocycles. The molecule has 3 nitrogen and oxygen atoms in total. The predicted molar refractivity (Wildman–Crippen MR) is 66.2 cm³/mol. The molecule has 1 N–H and O–H groups in total. The summed E-state index contributed by atoms with van der Waals surface area (Å²) in [5, 5.41) is 9.72. The third-order valence-electron chi connectivity index (χ3n) is 2.30. The van der Waals surface area contributed by atoms with Gasteiger partial charge in [0.05, 0.1) is 12.5 Å². The molecule has 0 amide bonds. The van der Waals surface area contributed by atoms with Crippen LogP contribution in [0.5, 0.6) is 0 Å². The highest BCUT2D eigenvalue weighted by atomic mass is 32.2. The molecular formula is C11H24O3S. The topological polar surface area (TPSA) is 46.5 Å². The van der Waals surface area contributed by atoms with Gasteiger partial charge in [-0.1, -0.05) is 34.6 Å². The maximum atomic E-state index is 11.5. The van der Waals surface area contributed by atoms with E-state index in [2.05, 4.69) is 0 Å². The van der Waals surface area contributed by atoms with Crippen LogP contribution in [0.1, 0.15) is 41.0 Å². The van der Waals surface area contributed by atoms with Crippen molar-refractivity contribution < 1.29 is 14.1 Å². The number of hydrogen-bond acceptors (Lipinski definition) is 3. The van der Waals surface area contributed by atoms with Crippen LogP contribution in [0.3, 0.4) is 0 Å². The minimum atomic E-state index is -0.629. The molecule has 0 rings (SSSR count). The van der Waals surface area contributed by atoms with Crippen molar-refractivity contribution >= 4 is 17.1 Å². The molecule has 4 heteroatoms. The zero-order valence-electron chi connectivity index (χ0n) is 10.4. The first-order valence-electron chi connectivity index (χ1n) is 5.45. The minimum absolute atomic E-state index is 0.0995. The van der Waals surface area contributed by atoms with Gasteiger partial charge in [0, 0.05) is 11.5 Å². The van der Waals surface area contributed by atoms with Crippen molar-refractivity contribution in [1.82, 2.24) is 0 Å². The fourth-order valence-corrected chi connectivity index (χ4v) is 2.07. The van der Waals surface area contributed by atoms with Gasteiger partial charge in [0.1, 0.15) is 0 Å². The number of hydrogen-bond donors (Lipinski definition) is 2. The van der Waals surface area contributed by atoms with Gasteiger partial charge in [-0.15, -0.1) is 11.2 Å². The maximum Gasteiger partial charge on any atom is 0.318 e. The van der Waals surface area contributed by atoms with E-state index in [1.165, 1.54) is 0 Å². The molecule has 0 aliphatic carbocycles. The summed E-state index contributed by atoms with van der Waals surface area (Å²) in [5.41, 5.74) is -0.264. The number of rotatable bonds is 5. The van der Waals surface area contributed by atoms with E-state index < -0.39 is 17.3 Å². The first-order chi connectivity index (χ1) is 6.81. The number of aliphatic hydroxyl groups is 1. The second kappa shape index (κ2) is 6.38. The Morgan fingerprint density at radius 3 is 2.13 bits per heavy atom. The van der Waals surface area contributed by atoms with E-state index in [-0.39, 0.29) is 17.8 Å². The zero-order valence-corrected chi connectivity index (χ0v) is 11.3. The van der Waals surface area contributed by atoms with Crippen molar-refractivity contribution in [2.24, 2.45) is 5.41 Å². The molecule has 1 unspecified atom stereocenters. The summed E-state index contributed by atoms with van der Waals surface area (Å²) in [6.07, 6.45) is -0.530. The van der Waals surface area contributed by atoms with E-state index in [9.17, 15) is 9.90 Å². The first kappa shape index (κ1) is 14.8. The third kappa shape index (κ3) is 6.05. The second-order valence-corrected chi connectivity index (χ2v) is 7.07. The molecule has 15 heavy (non-hydrogen) atoms. The van der Waals surface area contributed by atoms with Crippen molar-refractivity contribution in [3.05, 3.63) is 0 Å². The van der Waals surface area contributed by atoms with E-state index in [0.717, 1.165) is 11.5 Å². The Labute approximate surface area is 95.8 Å². The molecule has 0 aromatic heterocycles. The lowest BCUT2D eigenvalue weighted by Gasteiger charge is -2.26. The van der Waals surface area contributed by atoms with Crippen LogP contribution in [-0.4, -0.2) is 28.7 Å². The Hall–Kier alpha value is -0.220. The van der Waals surface area contributed by atoms with Crippen LogP contribution < -0.4 is 0 Å². The van der Waals surface area contributed by atoms with Gasteiger partial charge in [-0.05, 0) is 5.41 Å². The van der Waals surface area contributed by atoms with Gasteiger partial charge in [-0.3, -0.25) is 4.79 Å². The average molecular weight is 236 g/mol. The van der Waals surface area contributed by atoms with Gasteiger partial charge in [0.15, 0.2) is 0 Å². The van der Waals surface area contributed by atoms with Crippen LogP contribution >= 0.6 is 11.2 Å². The van der Waals surface area contributed by atoms with Crippen molar-refractivity contribution in [3.63, 3.8) is 0 Å². The zero-order chi connectivity index (χ0) is 12.1. The molecule has 0 saturated carbocycles. The van der Waals surface area contributed by atoms with Gasteiger partial charge >= 0.3 is 5.97 Å². The van der Waals surface area contributed by atoms with Gasteiger partial charge in [0.2, 0.25) is 0 Å². The molecule has 0 bridgehead atoms. The summed E-state index contributed by atoms with van der Waals surface area (Å²) >= 11 is -0.623. The molecule has 0 aliphatic heterocycles. The van der Waals surface area contributed by atoms with Crippen molar-refractivity contribution in [1.29, 1.82) is 0 Å². The summed E-state index contributed by atoms with van der Waals surface area (Å²) in [6, 6.07) is 0. The van der Waals surface area contributed by atoms with E-state index in [0.29, 0.717) is 0 Å². The van der Waals surface area contributed by atoms with Crippen LogP contribution in [0.25, 0.3) is 0 Å². The highest BCUT2D eigenvalue weighted by Crippen LogP contribution is 2.28. The molecule has 0 aromatic carbocycles.